The third-order valence-electron chi connectivity index (χ3n) is 0.734. The molecular formula is C5H15NO2. The van der Waals surface area contributed by atoms with Crippen LogP contribution in [-0.2, 0) is 4.74 Å². The normalized spacial score (nSPS) is 11.6. The van der Waals surface area contributed by atoms with Crippen LogP contribution in [0.4, 0.5) is 0 Å². The molecule has 0 aromatic rings. The Morgan fingerprint density at radius 2 is 2.00 bits per heavy atom. The molecule has 0 radical (unpaired) electrons. The number of rotatable bonds is 2. The van der Waals surface area contributed by atoms with Gasteiger partial charge in [0.15, 0.2) is 0 Å². The summed E-state index contributed by atoms with van der Waals surface area (Å²) in [6.45, 7) is 2.54. The van der Waals surface area contributed by atoms with Crippen molar-refractivity contribution in [2.24, 2.45) is 5.73 Å². The zero-order valence-electron chi connectivity index (χ0n) is 5.72. The van der Waals surface area contributed by atoms with Crippen LogP contribution in [0.1, 0.15) is 6.92 Å². The van der Waals surface area contributed by atoms with E-state index in [0.29, 0.717) is 6.54 Å². The lowest BCUT2D eigenvalue weighted by molar-refractivity contribution is 0.125. The maximum absolute atomic E-state index is 7.00. The number of methoxy groups -OCH3 is 1. The highest BCUT2D eigenvalue weighted by atomic mass is 16.5. The van der Waals surface area contributed by atoms with Crippen LogP contribution in [-0.4, -0.2) is 32.0 Å². The van der Waals surface area contributed by atoms with Crippen molar-refractivity contribution in [3.63, 3.8) is 0 Å². The molecule has 0 saturated carbocycles. The maximum Gasteiger partial charge on any atom is 0.0665 e. The molecule has 8 heavy (non-hydrogen) atoms. The molecule has 0 saturated heterocycles. The Morgan fingerprint density at radius 1 is 1.62 bits per heavy atom. The molecule has 0 aliphatic rings. The largest absolute Gasteiger partial charge is 0.400 e. The van der Waals surface area contributed by atoms with Gasteiger partial charge >= 0.3 is 0 Å². The van der Waals surface area contributed by atoms with E-state index in [9.17, 15) is 0 Å². The van der Waals surface area contributed by atoms with Gasteiger partial charge in [0.25, 0.3) is 0 Å². The van der Waals surface area contributed by atoms with E-state index in [1.165, 1.54) is 0 Å². The van der Waals surface area contributed by atoms with Gasteiger partial charge in [0.2, 0.25) is 0 Å². The van der Waals surface area contributed by atoms with Crippen molar-refractivity contribution in [2.45, 2.75) is 13.0 Å². The predicted molar refractivity (Wildman–Crippen MR) is 33.7 cm³/mol. The third kappa shape index (κ3) is 9.30. The summed E-state index contributed by atoms with van der Waals surface area (Å²) in [5.74, 6) is 0. The van der Waals surface area contributed by atoms with Crippen molar-refractivity contribution >= 4 is 0 Å². The summed E-state index contributed by atoms with van der Waals surface area (Å²) in [5, 5.41) is 7.00. The summed E-state index contributed by atoms with van der Waals surface area (Å²) < 4.78 is 4.77. The van der Waals surface area contributed by atoms with E-state index in [4.69, 9.17) is 15.6 Å². The number of nitrogens with two attached hydrogens (primary N) is 1. The second-order valence-electron chi connectivity index (χ2n) is 1.28. The molecule has 3 heteroatoms. The standard InChI is InChI=1S/C4H11NO.CH4O/c1-4(3-5)6-2;1-2/h4H,3,5H2,1-2H3;2H,1H3. The van der Waals surface area contributed by atoms with Crippen molar-refractivity contribution < 1.29 is 9.84 Å². The van der Waals surface area contributed by atoms with Gasteiger partial charge in [0.05, 0.1) is 6.10 Å². The topological polar surface area (TPSA) is 55.5 Å². The van der Waals surface area contributed by atoms with Gasteiger partial charge in [-0.1, -0.05) is 0 Å². The monoisotopic (exact) mass is 121 g/mol. The van der Waals surface area contributed by atoms with Gasteiger partial charge in [-0.15, -0.1) is 0 Å². The fraction of sp³-hybridized carbons (Fsp3) is 1.00. The second kappa shape index (κ2) is 9.99. The molecule has 0 heterocycles. The lowest BCUT2D eigenvalue weighted by Gasteiger charge is -2.01. The van der Waals surface area contributed by atoms with E-state index in [1.807, 2.05) is 6.92 Å². The number of aliphatic hydroxyl groups excluding tert-OH is 1. The van der Waals surface area contributed by atoms with Gasteiger partial charge in [-0.05, 0) is 6.92 Å². The van der Waals surface area contributed by atoms with Crippen molar-refractivity contribution in [3.05, 3.63) is 0 Å². The Labute approximate surface area is 50.5 Å². The minimum absolute atomic E-state index is 0.213. The maximum atomic E-state index is 7.00. The highest BCUT2D eigenvalue weighted by molar-refractivity contribution is 4.43. The molecule has 0 spiro atoms. The molecule has 0 aromatic heterocycles. The van der Waals surface area contributed by atoms with Gasteiger partial charge in [-0.3, -0.25) is 0 Å². The minimum Gasteiger partial charge on any atom is -0.400 e. The molecule has 52 valence electrons. The summed E-state index contributed by atoms with van der Waals surface area (Å²) in [7, 11) is 2.65. The minimum atomic E-state index is 0.213. The van der Waals surface area contributed by atoms with Crippen LogP contribution >= 0.6 is 0 Å². The Morgan fingerprint density at radius 3 is 2.00 bits per heavy atom. The van der Waals surface area contributed by atoms with Gasteiger partial charge < -0.3 is 15.6 Å². The van der Waals surface area contributed by atoms with Crippen molar-refractivity contribution in [1.29, 1.82) is 0 Å². The molecule has 0 rings (SSSR count). The predicted octanol–water partition coefficient (Wildman–Crippen LogP) is -0.411. The Balaban J connectivity index is 0. The molecule has 1 unspecified atom stereocenters. The van der Waals surface area contributed by atoms with Crippen molar-refractivity contribution in [1.82, 2.24) is 0 Å². The first-order valence-electron chi connectivity index (χ1n) is 2.49. The van der Waals surface area contributed by atoms with E-state index in [1.54, 1.807) is 7.11 Å². The molecule has 0 bridgehead atoms. The molecular weight excluding hydrogens is 106 g/mol. The Kier molecular flexibility index (Phi) is 13.5. The van der Waals surface area contributed by atoms with Crippen LogP contribution < -0.4 is 5.73 Å². The molecule has 0 aliphatic heterocycles. The molecule has 3 N–H and O–H groups in total. The van der Waals surface area contributed by atoms with Crippen LogP contribution in [0.5, 0.6) is 0 Å². The van der Waals surface area contributed by atoms with Crippen LogP contribution in [0.3, 0.4) is 0 Å². The first-order chi connectivity index (χ1) is 3.81. The van der Waals surface area contributed by atoms with E-state index in [2.05, 4.69) is 0 Å². The zero-order chi connectivity index (χ0) is 6.99. The van der Waals surface area contributed by atoms with E-state index < -0.39 is 0 Å². The number of hydrogen-bond acceptors (Lipinski definition) is 3. The fourth-order valence-corrected chi connectivity index (χ4v) is 0.0962. The van der Waals surface area contributed by atoms with Crippen LogP contribution in [0.25, 0.3) is 0 Å². The summed E-state index contributed by atoms with van der Waals surface area (Å²) in [6, 6.07) is 0. The van der Waals surface area contributed by atoms with Gasteiger partial charge in [0, 0.05) is 20.8 Å². The van der Waals surface area contributed by atoms with Gasteiger partial charge in [-0.25, -0.2) is 0 Å². The van der Waals surface area contributed by atoms with E-state index in [-0.39, 0.29) is 6.10 Å². The quantitative estimate of drug-likeness (QED) is 0.522. The highest BCUT2D eigenvalue weighted by Crippen LogP contribution is 1.78. The Hall–Kier alpha value is -0.120. The molecule has 0 fully saturated rings. The first-order valence-corrected chi connectivity index (χ1v) is 2.49. The molecule has 0 aliphatic carbocycles. The number of hydrogen-bond donors (Lipinski definition) is 2. The average molecular weight is 121 g/mol. The van der Waals surface area contributed by atoms with Crippen LogP contribution in [0.2, 0.25) is 0 Å². The lowest BCUT2D eigenvalue weighted by Crippen LogP contribution is -2.17. The highest BCUT2D eigenvalue weighted by Gasteiger charge is 1.88. The van der Waals surface area contributed by atoms with Crippen molar-refractivity contribution in [2.75, 3.05) is 20.8 Å². The zero-order valence-corrected chi connectivity index (χ0v) is 5.72. The first kappa shape index (κ1) is 10.8. The summed E-state index contributed by atoms with van der Waals surface area (Å²) in [6.07, 6.45) is 0.213. The van der Waals surface area contributed by atoms with Gasteiger partial charge in [0.1, 0.15) is 0 Å². The third-order valence-corrected chi connectivity index (χ3v) is 0.734. The molecule has 0 aromatic carbocycles. The summed E-state index contributed by atoms with van der Waals surface area (Å²) >= 11 is 0. The van der Waals surface area contributed by atoms with Crippen LogP contribution in [0, 0.1) is 0 Å². The number of aliphatic hydroxyl groups is 1. The SMILES string of the molecule is CO.COC(C)CN. The molecule has 1 atom stereocenters. The Bertz CT molecular complexity index is 29.6. The van der Waals surface area contributed by atoms with Crippen molar-refractivity contribution in [3.8, 4) is 0 Å². The fourth-order valence-electron chi connectivity index (χ4n) is 0.0962. The van der Waals surface area contributed by atoms with Crippen LogP contribution in [0.15, 0.2) is 0 Å². The van der Waals surface area contributed by atoms with Gasteiger partial charge in [-0.2, -0.15) is 0 Å². The average Bonchev–Trinajstić information content (AvgIpc) is 1.91. The van der Waals surface area contributed by atoms with E-state index in [0.717, 1.165) is 7.11 Å². The second-order valence-corrected chi connectivity index (χ2v) is 1.28. The lowest BCUT2D eigenvalue weighted by atomic mass is 10.4. The smallest absolute Gasteiger partial charge is 0.0665 e. The molecule has 3 nitrogen and oxygen atoms in total. The van der Waals surface area contributed by atoms with E-state index >= 15 is 0 Å². The summed E-state index contributed by atoms with van der Waals surface area (Å²) in [4.78, 5) is 0. The molecule has 0 amide bonds. The summed E-state index contributed by atoms with van der Waals surface area (Å²) in [5.41, 5.74) is 5.16. The number of ether oxygens (including phenoxy) is 1.